The van der Waals surface area contributed by atoms with Gasteiger partial charge in [-0.05, 0) is 31.9 Å². The van der Waals surface area contributed by atoms with E-state index in [0.29, 0.717) is 12.4 Å². The highest BCUT2D eigenvalue weighted by molar-refractivity contribution is 5.21. The fourth-order valence-electron chi connectivity index (χ4n) is 1.07. The minimum Gasteiger partial charge on any atom is -0.493 e. The number of benzene rings is 1. The Hall–Kier alpha value is -1.31. The Kier molecular flexibility index (Phi) is 4.76. The molecule has 0 bridgehead atoms. The van der Waals surface area contributed by atoms with Crippen LogP contribution in [0.15, 0.2) is 30.4 Å². The summed E-state index contributed by atoms with van der Waals surface area (Å²) >= 11 is 0. The lowest BCUT2D eigenvalue weighted by Crippen LogP contribution is -1.96. The van der Waals surface area contributed by atoms with E-state index in [4.69, 9.17) is 4.74 Å². The van der Waals surface area contributed by atoms with Gasteiger partial charge in [-0.15, -0.1) is 0 Å². The van der Waals surface area contributed by atoms with Crippen LogP contribution in [0.5, 0.6) is 5.75 Å². The van der Waals surface area contributed by atoms with Crippen LogP contribution in [0.3, 0.4) is 0 Å². The van der Waals surface area contributed by atoms with E-state index < -0.39 is 0 Å². The first kappa shape index (κ1) is 10.8. The highest BCUT2D eigenvalue weighted by Crippen LogP contribution is 2.11. The minimum atomic E-state index is -0.379. The maximum atomic E-state index is 12.7. The standard InChI is InChI=1S/C12H14FO/c1-2-3-4-5-9-14-12-8-6-7-11(13)10-12/h2-3,6,8,10H,4-5,9H2,1H3. The van der Waals surface area contributed by atoms with Crippen LogP contribution < -0.4 is 4.74 Å². The van der Waals surface area contributed by atoms with Gasteiger partial charge in [0, 0.05) is 12.1 Å². The van der Waals surface area contributed by atoms with E-state index in [2.05, 4.69) is 12.1 Å². The Morgan fingerprint density at radius 2 is 2.43 bits per heavy atom. The SMILES string of the molecule is CC=CCCCOc1cc[c]c(F)c1. The number of hydrogen-bond donors (Lipinski definition) is 0. The number of unbranched alkanes of at least 4 members (excludes halogenated alkanes) is 1. The summed E-state index contributed by atoms with van der Waals surface area (Å²) in [6.07, 6.45) is 6.04. The summed E-state index contributed by atoms with van der Waals surface area (Å²) < 4.78 is 18.0. The topological polar surface area (TPSA) is 9.23 Å². The molecular weight excluding hydrogens is 179 g/mol. The van der Waals surface area contributed by atoms with Crippen molar-refractivity contribution in [2.24, 2.45) is 0 Å². The first-order chi connectivity index (χ1) is 6.83. The van der Waals surface area contributed by atoms with E-state index in [1.807, 2.05) is 13.0 Å². The van der Waals surface area contributed by atoms with Crippen molar-refractivity contribution in [2.75, 3.05) is 6.61 Å². The zero-order chi connectivity index (χ0) is 10.2. The summed E-state index contributed by atoms with van der Waals surface area (Å²) in [6, 6.07) is 7.00. The van der Waals surface area contributed by atoms with Gasteiger partial charge in [-0.2, -0.15) is 0 Å². The monoisotopic (exact) mass is 193 g/mol. The van der Waals surface area contributed by atoms with Crippen molar-refractivity contribution in [3.05, 3.63) is 42.2 Å². The van der Waals surface area contributed by atoms with Crippen LogP contribution in [0.4, 0.5) is 4.39 Å². The third-order valence-corrected chi connectivity index (χ3v) is 1.76. The average Bonchev–Trinajstić information content (AvgIpc) is 2.18. The summed E-state index contributed by atoms with van der Waals surface area (Å²) in [5, 5.41) is 0. The molecule has 0 saturated carbocycles. The summed E-state index contributed by atoms with van der Waals surface area (Å²) in [4.78, 5) is 0. The minimum absolute atomic E-state index is 0.379. The first-order valence-electron chi connectivity index (χ1n) is 4.74. The molecular formula is C12H14FO. The van der Waals surface area contributed by atoms with Gasteiger partial charge < -0.3 is 4.74 Å². The van der Waals surface area contributed by atoms with Crippen LogP contribution in [-0.2, 0) is 0 Å². The smallest absolute Gasteiger partial charge is 0.134 e. The molecule has 0 aromatic heterocycles. The van der Waals surface area contributed by atoms with E-state index in [1.54, 1.807) is 6.07 Å². The maximum Gasteiger partial charge on any atom is 0.134 e. The van der Waals surface area contributed by atoms with Crippen molar-refractivity contribution in [3.8, 4) is 5.75 Å². The zero-order valence-electron chi connectivity index (χ0n) is 8.29. The third kappa shape index (κ3) is 4.08. The van der Waals surface area contributed by atoms with E-state index in [-0.39, 0.29) is 5.82 Å². The molecule has 0 saturated heterocycles. The maximum absolute atomic E-state index is 12.7. The Morgan fingerprint density at radius 1 is 1.57 bits per heavy atom. The van der Waals surface area contributed by atoms with Gasteiger partial charge in [-0.3, -0.25) is 0 Å². The molecule has 0 unspecified atom stereocenters. The molecule has 1 aromatic rings. The molecule has 0 heterocycles. The molecule has 0 N–H and O–H groups in total. The molecule has 0 amide bonds. The van der Waals surface area contributed by atoms with E-state index >= 15 is 0 Å². The van der Waals surface area contributed by atoms with Gasteiger partial charge in [0.25, 0.3) is 0 Å². The lowest BCUT2D eigenvalue weighted by Gasteiger charge is -2.04. The Morgan fingerprint density at radius 3 is 3.14 bits per heavy atom. The predicted molar refractivity (Wildman–Crippen MR) is 54.8 cm³/mol. The van der Waals surface area contributed by atoms with Gasteiger partial charge in [-0.25, -0.2) is 4.39 Å². The van der Waals surface area contributed by atoms with E-state index in [0.717, 1.165) is 12.8 Å². The van der Waals surface area contributed by atoms with Crippen LogP contribution in [0.1, 0.15) is 19.8 Å². The Balaban J connectivity index is 2.24. The van der Waals surface area contributed by atoms with E-state index in [1.165, 1.54) is 12.1 Å². The second-order valence-electron chi connectivity index (χ2n) is 2.93. The summed E-state index contributed by atoms with van der Waals surface area (Å²) in [6.45, 7) is 2.61. The van der Waals surface area contributed by atoms with Gasteiger partial charge in [0.15, 0.2) is 0 Å². The fourth-order valence-corrected chi connectivity index (χ4v) is 1.07. The molecule has 0 spiro atoms. The molecule has 0 atom stereocenters. The van der Waals surface area contributed by atoms with Gasteiger partial charge in [0.05, 0.1) is 6.61 Å². The summed E-state index contributed by atoms with van der Waals surface area (Å²) in [5.74, 6) is 0.192. The van der Waals surface area contributed by atoms with Crippen molar-refractivity contribution in [1.82, 2.24) is 0 Å². The number of allylic oxidation sites excluding steroid dienone is 2. The van der Waals surface area contributed by atoms with Crippen LogP contribution in [0, 0.1) is 11.9 Å². The Labute approximate surface area is 84.2 Å². The molecule has 0 aliphatic carbocycles. The van der Waals surface area contributed by atoms with Gasteiger partial charge in [0.2, 0.25) is 0 Å². The van der Waals surface area contributed by atoms with Crippen LogP contribution in [0.25, 0.3) is 0 Å². The third-order valence-electron chi connectivity index (χ3n) is 1.76. The highest BCUT2D eigenvalue weighted by Gasteiger charge is 1.94. The second-order valence-corrected chi connectivity index (χ2v) is 2.93. The van der Waals surface area contributed by atoms with E-state index in [9.17, 15) is 4.39 Å². The lowest BCUT2D eigenvalue weighted by molar-refractivity contribution is 0.310. The highest BCUT2D eigenvalue weighted by atomic mass is 19.1. The van der Waals surface area contributed by atoms with Crippen molar-refractivity contribution >= 4 is 0 Å². The molecule has 75 valence electrons. The van der Waals surface area contributed by atoms with Crippen molar-refractivity contribution < 1.29 is 9.13 Å². The fraction of sp³-hybridized carbons (Fsp3) is 0.333. The molecule has 1 rings (SSSR count). The molecule has 1 nitrogen and oxygen atoms in total. The normalized spacial score (nSPS) is 10.7. The van der Waals surface area contributed by atoms with Gasteiger partial charge >= 0.3 is 0 Å². The van der Waals surface area contributed by atoms with Crippen molar-refractivity contribution in [3.63, 3.8) is 0 Å². The quantitative estimate of drug-likeness (QED) is 0.514. The number of hydrogen-bond acceptors (Lipinski definition) is 1. The molecule has 0 aliphatic rings. The average molecular weight is 193 g/mol. The Bertz CT molecular complexity index is 294. The molecule has 2 heteroatoms. The van der Waals surface area contributed by atoms with Crippen molar-refractivity contribution in [1.29, 1.82) is 0 Å². The first-order valence-corrected chi connectivity index (χ1v) is 4.74. The predicted octanol–water partition coefficient (Wildman–Crippen LogP) is 3.36. The largest absolute Gasteiger partial charge is 0.493 e. The molecule has 14 heavy (non-hydrogen) atoms. The van der Waals surface area contributed by atoms with Crippen LogP contribution >= 0.6 is 0 Å². The second kappa shape index (κ2) is 6.19. The number of halogens is 1. The zero-order valence-corrected chi connectivity index (χ0v) is 8.29. The molecule has 0 fully saturated rings. The van der Waals surface area contributed by atoms with Crippen LogP contribution in [0.2, 0.25) is 0 Å². The molecule has 1 radical (unpaired) electrons. The number of ether oxygens (including phenoxy) is 1. The molecule has 0 aliphatic heterocycles. The van der Waals surface area contributed by atoms with Crippen molar-refractivity contribution in [2.45, 2.75) is 19.8 Å². The number of rotatable bonds is 5. The lowest BCUT2D eigenvalue weighted by atomic mass is 10.3. The van der Waals surface area contributed by atoms with Gasteiger partial charge in [0.1, 0.15) is 11.6 Å². The summed E-state index contributed by atoms with van der Waals surface area (Å²) in [5.41, 5.74) is 0. The van der Waals surface area contributed by atoms with Gasteiger partial charge in [-0.1, -0.05) is 12.2 Å². The summed E-state index contributed by atoms with van der Waals surface area (Å²) in [7, 11) is 0. The van der Waals surface area contributed by atoms with Crippen LogP contribution in [-0.4, -0.2) is 6.61 Å². The molecule has 1 aromatic carbocycles.